The molecule has 1 aliphatic rings. The quantitative estimate of drug-likeness (QED) is 0.700. The summed E-state index contributed by atoms with van der Waals surface area (Å²) < 4.78 is 0. The molecule has 3 N–H and O–H groups in total. The SMILES string of the molecule is C=CCC(N)C(=O)NCC1CCCC(C)C1. The molecule has 3 heteroatoms. The molecule has 0 aromatic heterocycles. The van der Waals surface area contributed by atoms with Crippen LogP contribution < -0.4 is 11.1 Å². The van der Waals surface area contributed by atoms with E-state index in [1.165, 1.54) is 25.7 Å². The van der Waals surface area contributed by atoms with Gasteiger partial charge in [0.2, 0.25) is 5.91 Å². The van der Waals surface area contributed by atoms with E-state index in [-0.39, 0.29) is 5.91 Å². The number of amides is 1. The number of hydrogen-bond donors (Lipinski definition) is 2. The van der Waals surface area contributed by atoms with Crippen LogP contribution in [-0.4, -0.2) is 18.5 Å². The Morgan fingerprint density at radius 3 is 3.00 bits per heavy atom. The zero-order valence-corrected chi connectivity index (χ0v) is 10.2. The summed E-state index contributed by atoms with van der Waals surface area (Å²) in [5, 5.41) is 2.95. The van der Waals surface area contributed by atoms with Gasteiger partial charge in [-0.1, -0.05) is 25.8 Å². The van der Waals surface area contributed by atoms with Crippen molar-refractivity contribution in [1.29, 1.82) is 0 Å². The Morgan fingerprint density at radius 2 is 2.38 bits per heavy atom. The van der Waals surface area contributed by atoms with Crippen molar-refractivity contribution < 1.29 is 4.79 Å². The number of nitrogens with one attached hydrogen (secondary N) is 1. The van der Waals surface area contributed by atoms with E-state index in [0.29, 0.717) is 12.3 Å². The van der Waals surface area contributed by atoms with Crippen LogP contribution in [0.2, 0.25) is 0 Å². The van der Waals surface area contributed by atoms with E-state index in [4.69, 9.17) is 5.73 Å². The Balaban J connectivity index is 2.22. The van der Waals surface area contributed by atoms with Crippen LogP contribution in [-0.2, 0) is 4.79 Å². The lowest BCUT2D eigenvalue weighted by Crippen LogP contribution is -2.42. The van der Waals surface area contributed by atoms with Gasteiger partial charge in [0.15, 0.2) is 0 Å². The largest absolute Gasteiger partial charge is 0.354 e. The molecule has 3 nitrogen and oxygen atoms in total. The van der Waals surface area contributed by atoms with Gasteiger partial charge in [0.05, 0.1) is 6.04 Å². The maximum absolute atomic E-state index is 11.6. The van der Waals surface area contributed by atoms with Gasteiger partial charge in [-0.15, -0.1) is 6.58 Å². The number of hydrogen-bond acceptors (Lipinski definition) is 2. The monoisotopic (exact) mass is 224 g/mol. The normalized spacial score (nSPS) is 27.1. The highest BCUT2D eigenvalue weighted by Crippen LogP contribution is 2.27. The van der Waals surface area contributed by atoms with E-state index in [1.807, 2.05) is 0 Å². The summed E-state index contributed by atoms with van der Waals surface area (Å²) in [6, 6.07) is -0.432. The number of nitrogens with two attached hydrogens (primary N) is 1. The number of carbonyl (C=O) groups is 1. The third-order valence-corrected chi connectivity index (χ3v) is 3.37. The molecule has 0 aromatic rings. The van der Waals surface area contributed by atoms with Gasteiger partial charge in [0, 0.05) is 6.54 Å². The van der Waals surface area contributed by atoms with Crippen LogP contribution in [0, 0.1) is 11.8 Å². The van der Waals surface area contributed by atoms with Gasteiger partial charge in [-0.25, -0.2) is 0 Å². The molecule has 3 unspecified atom stereocenters. The van der Waals surface area contributed by atoms with E-state index in [0.717, 1.165) is 12.5 Å². The van der Waals surface area contributed by atoms with Crippen molar-refractivity contribution in [3.63, 3.8) is 0 Å². The summed E-state index contributed by atoms with van der Waals surface area (Å²) >= 11 is 0. The first kappa shape index (κ1) is 13.2. The molecule has 0 bridgehead atoms. The van der Waals surface area contributed by atoms with Gasteiger partial charge < -0.3 is 11.1 Å². The predicted molar refractivity (Wildman–Crippen MR) is 66.9 cm³/mol. The number of carbonyl (C=O) groups excluding carboxylic acids is 1. The topological polar surface area (TPSA) is 55.1 Å². The fraction of sp³-hybridized carbons (Fsp3) is 0.769. The lowest BCUT2D eigenvalue weighted by Gasteiger charge is -2.27. The van der Waals surface area contributed by atoms with E-state index >= 15 is 0 Å². The highest BCUT2D eigenvalue weighted by molar-refractivity contribution is 5.81. The molecule has 16 heavy (non-hydrogen) atoms. The van der Waals surface area contributed by atoms with Crippen molar-refractivity contribution in [2.24, 2.45) is 17.6 Å². The molecule has 1 rings (SSSR count). The molecule has 1 aliphatic carbocycles. The molecule has 1 amide bonds. The lowest BCUT2D eigenvalue weighted by molar-refractivity contribution is -0.122. The first-order valence-corrected chi connectivity index (χ1v) is 6.27. The van der Waals surface area contributed by atoms with Crippen molar-refractivity contribution in [1.82, 2.24) is 5.32 Å². The second kappa shape index (κ2) is 6.69. The Labute approximate surface area is 98.5 Å². The highest BCUT2D eigenvalue weighted by atomic mass is 16.2. The van der Waals surface area contributed by atoms with E-state index in [9.17, 15) is 4.79 Å². The summed E-state index contributed by atoms with van der Waals surface area (Å²) in [5.74, 6) is 1.40. The first-order chi connectivity index (χ1) is 7.63. The van der Waals surface area contributed by atoms with Crippen LogP contribution in [0.4, 0.5) is 0 Å². The minimum absolute atomic E-state index is 0.0434. The molecule has 0 aliphatic heterocycles. The molecule has 1 saturated carbocycles. The number of rotatable bonds is 5. The molecule has 0 radical (unpaired) electrons. The minimum Gasteiger partial charge on any atom is -0.354 e. The maximum atomic E-state index is 11.6. The van der Waals surface area contributed by atoms with Crippen molar-refractivity contribution in [3.8, 4) is 0 Å². The van der Waals surface area contributed by atoms with Crippen molar-refractivity contribution >= 4 is 5.91 Å². The van der Waals surface area contributed by atoms with Gasteiger partial charge >= 0.3 is 0 Å². The van der Waals surface area contributed by atoms with Crippen LogP contribution in [0.3, 0.4) is 0 Å². The van der Waals surface area contributed by atoms with Crippen LogP contribution in [0.15, 0.2) is 12.7 Å². The Morgan fingerprint density at radius 1 is 1.62 bits per heavy atom. The third kappa shape index (κ3) is 4.35. The molecule has 3 atom stereocenters. The first-order valence-electron chi connectivity index (χ1n) is 6.27. The summed E-state index contributed by atoms with van der Waals surface area (Å²) in [4.78, 5) is 11.6. The van der Waals surface area contributed by atoms with Gasteiger partial charge in [0.25, 0.3) is 0 Å². The molecular weight excluding hydrogens is 200 g/mol. The minimum atomic E-state index is -0.432. The zero-order chi connectivity index (χ0) is 12.0. The van der Waals surface area contributed by atoms with Crippen LogP contribution in [0.25, 0.3) is 0 Å². The van der Waals surface area contributed by atoms with Gasteiger partial charge in [-0.05, 0) is 31.1 Å². The van der Waals surface area contributed by atoms with E-state index in [1.54, 1.807) is 6.08 Å². The Hall–Kier alpha value is -0.830. The van der Waals surface area contributed by atoms with Gasteiger partial charge in [-0.2, -0.15) is 0 Å². The zero-order valence-electron chi connectivity index (χ0n) is 10.2. The predicted octanol–water partition coefficient (Wildman–Crippen LogP) is 1.83. The summed E-state index contributed by atoms with van der Waals surface area (Å²) in [7, 11) is 0. The van der Waals surface area contributed by atoms with Crippen molar-refractivity contribution in [2.45, 2.75) is 45.1 Å². The van der Waals surface area contributed by atoms with Gasteiger partial charge in [0.1, 0.15) is 0 Å². The Kier molecular flexibility index (Phi) is 5.53. The standard InChI is InChI=1S/C13H24N2O/c1-3-5-12(14)13(16)15-9-11-7-4-6-10(2)8-11/h3,10-12H,1,4-9,14H2,2H3,(H,15,16). The second-order valence-corrected chi connectivity index (χ2v) is 5.01. The average Bonchev–Trinajstić information content (AvgIpc) is 2.26. The molecule has 0 spiro atoms. The smallest absolute Gasteiger partial charge is 0.237 e. The van der Waals surface area contributed by atoms with Crippen molar-refractivity contribution in [2.75, 3.05) is 6.54 Å². The fourth-order valence-electron chi connectivity index (χ4n) is 2.41. The molecule has 92 valence electrons. The molecule has 1 fully saturated rings. The summed E-state index contributed by atoms with van der Waals surface area (Å²) in [6.07, 6.45) is 7.33. The van der Waals surface area contributed by atoms with Crippen LogP contribution in [0.1, 0.15) is 39.0 Å². The molecule has 0 aromatic carbocycles. The third-order valence-electron chi connectivity index (χ3n) is 3.37. The van der Waals surface area contributed by atoms with Crippen molar-refractivity contribution in [3.05, 3.63) is 12.7 Å². The summed E-state index contributed by atoms with van der Waals surface area (Å²) in [6.45, 7) is 6.66. The summed E-state index contributed by atoms with van der Waals surface area (Å²) in [5.41, 5.74) is 5.69. The highest BCUT2D eigenvalue weighted by Gasteiger charge is 2.20. The fourth-order valence-corrected chi connectivity index (χ4v) is 2.41. The van der Waals surface area contributed by atoms with E-state index < -0.39 is 6.04 Å². The molecule has 0 saturated heterocycles. The second-order valence-electron chi connectivity index (χ2n) is 5.01. The van der Waals surface area contributed by atoms with Crippen LogP contribution >= 0.6 is 0 Å². The average molecular weight is 224 g/mol. The molecular formula is C13H24N2O. The van der Waals surface area contributed by atoms with E-state index in [2.05, 4.69) is 18.8 Å². The maximum Gasteiger partial charge on any atom is 0.237 e. The van der Waals surface area contributed by atoms with Gasteiger partial charge in [-0.3, -0.25) is 4.79 Å². The van der Waals surface area contributed by atoms with Crippen LogP contribution in [0.5, 0.6) is 0 Å². The Bertz CT molecular complexity index is 240. The molecule has 0 heterocycles. The lowest BCUT2D eigenvalue weighted by atomic mass is 9.82.